The highest BCUT2D eigenvalue weighted by Gasteiger charge is 2.31. The van der Waals surface area contributed by atoms with Gasteiger partial charge in [0, 0.05) is 18.2 Å². The predicted octanol–water partition coefficient (Wildman–Crippen LogP) is 4.34. The molecule has 0 radical (unpaired) electrons. The highest BCUT2D eigenvalue weighted by molar-refractivity contribution is 8.26. The fourth-order valence-corrected chi connectivity index (χ4v) is 3.82. The van der Waals surface area contributed by atoms with Gasteiger partial charge in [0.25, 0.3) is 5.91 Å². The molecule has 0 aliphatic carbocycles. The third-order valence-corrected chi connectivity index (χ3v) is 5.20. The van der Waals surface area contributed by atoms with Crippen LogP contribution in [0.1, 0.15) is 21.7 Å². The van der Waals surface area contributed by atoms with E-state index in [1.807, 2.05) is 6.92 Å². The van der Waals surface area contributed by atoms with Crippen molar-refractivity contribution in [2.24, 2.45) is 0 Å². The van der Waals surface area contributed by atoms with Crippen LogP contribution in [0.5, 0.6) is 0 Å². The average molecular weight is 385 g/mol. The molecule has 1 fully saturated rings. The summed E-state index contributed by atoms with van der Waals surface area (Å²) < 4.78 is 6.31. The number of hydrogen-bond acceptors (Lipinski definition) is 5. The molecule has 1 N–H and O–H groups in total. The fraction of sp³-hybridized carbons (Fsp3) is 0.105. The van der Waals surface area contributed by atoms with E-state index in [0.717, 1.165) is 11.1 Å². The van der Waals surface area contributed by atoms with Gasteiger partial charge in [0.1, 0.15) is 15.8 Å². The van der Waals surface area contributed by atoms with Crippen LogP contribution >= 0.6 is 24.0 Å². The number of carboxylic acids is 1. The number of aromatic carboxylic acids is 1. The number of aryl methyl sites for hydroxylation is 1. The highest BCUT2D eigenvalue weighted by Crippen LogP contribution is 2.34. The third-order valence-electron chi connectivity index (χ3n) is 3.82. The molecule has 26 heavy (non-hydrogen) atoms. The molecule has 0 atom stereocenters. The lowest BCUT2D eigenvalue weighted by atomic mass is 10.0. The lowest BCUT2D eigenvalue weighted by Gasteiger charge is -2.10. The highest BCUT2D eigenvalue weighted by atomic mass is 32.2. The summed E-state index contributed by atoms with van der Waals surface area (Å²) in [5, 5.41) is 9.05. The maximum absolute atomic E-state index is 12.3. The van der Waals surface area contributed by atoms with Gasteiger partial charge in [0.05, 0.1) is 10.5 Å². The Labute approximate surface area is 160 Å². The first-order valence-corrected chi connectivity index (χ1v) is 8.93. The van der Waals surface area contributed by atoms with E-state index in [9.17, 15) is 9.59 Å². The van der Waals surface area contributed by atoms with E-state index in [1.165, 1.54) is 22.7 Å². The van der Waals surface area contributed by atoms with Gasteiger partial charge in [-0.3, -0.25) is 9.69 Å². The Morgan fingerprint density at radius 3 is 2.81 bits per heavy atom. The molecule has 1 saturated heterocycles. The van der Waals surface area contributed by atoms with Crippen LogP contribution in [0.15, 0.2) is 52.3 Å². The molecule has 2 aromatic rings. The van der Waals surface area contributed by atoms with Crippen LogP contribution in [-0.4, -0.2) is 32.7 Å². The second-order valence-corrected chi connectivity index (χ2v) is 7.29. The maximum Gasteiger partial charge on any atom is 0.335 e. The molecule has 1 aliphatic rings. The van der Waals surface area contributed by atoms with Gasteiger partial charge in [0.15, 0.2) is 0 Å². The largest absolute Gasteiger partial charge is 0.478 e. The van der Waals surface area contributed by atoms with Crippen molar-refractivity contribution in [1.82, 2.24) is 4.90 Å². The summed E-state index contributed by atoms with van der Waals surface area (Å²) in [6.07, 6.45) is 3.29. The van der Waals surface area contributed by atoms with Gasteiger partial charge >= 0.3 is 5.97 Å². The Balaban J connectivity index is 1.87. The van der Waals surface area contributed by atoms with Crippen molar-refractivity contribution >= 4 is 46.3 Å². The number of carbonyl (C=O) groups excluding carboxylic acids is 1. The Kier molecular flexibility index (Phi) is 5.11. The van der Waals surface area contributed by atoms with Gasteiger partial charge in [0.2, 0.25) is 0 Å². The van der Waals surface area contributed by atoms with Crippen LogP contribution < -0.4 is 0 Å². The Morgan fingerprint density at radius 1 is 1.38 bits per heavy atom. The van der Waals surface area contributed by atoms with Crippen molar-refractivity contribution in [1.29, 1.82) is 0 Å². The van der Waals surface area contributed by atoms with Crippen LogP contribution in [-0.2, 0) is 4.79 Å². The normalized spacial score (nSPS) is 15.7. The fourth-order valence-electron chi connectivity index (χ4n) is 2.56. The topological polar surface area (TPSA) is 70.8 Å². The number of furan rings is 1. The molecule has 2 heterocycles. The SMILES string of the molecule is C=CCN1C(=O)/C(=C/c2ccc(-c3ccc(C(=O)O)cc3C)o2)SC1=S. The summed E-state index contributed by atoms with van der Waals surface area (Å²) >= 11 is 6.44. The molecule has 0 spiro atoms. The van der Waals surface area contributed by atoms with E-state index in [4.69, 9.17) is 21.7 Å². The number of rotatable bonds is 5. The van der Waals surface area contributed by atoms with E-state index >= 15 is 0 Å². The molecule has 1 aliphatic heterocycles. The third kappa shape index (κ3) is 3.49. The predicted molar refractivity (Wildman–Crippen MR) is 106 cm³/mol. The van der Waals surface area contributed by atoms with Crippen LogP contribution in [0, 0.1) is 6.92 Å². The first-order valence-electron chi connectivity index (χ1n) is 7.71. The Bertz CT molecular complexity index is 958. The van der Waals surface area contributed by atoms with Crippen LogP contribution in [0.25, 0.3) is 17.4 Å². The molecule has 3 rings (SSSR count). The smallest absolute Gasteiger partial charge is 0.335 e. The second-order valence-electron chi connectivity index (χ2n) is 5.62. The van der Waals surface area contributed by atoms with E-state index in [-0.39, 0.29) is 11.5 Å². The molecule has 1 aromatic carbocycles. The van der Waals surface area contributed by atoms with E-state index in [0.29, 0.717) is 27.3 Å². The maximum atomic E-state index is 12.3. The molecule has 1 amide bonds. The quantitative estimate of drug-likeness (QED) is 0.469. The van der Waals surface area contributed by atoms with Gasteiger partial charge in [-0.15, -0.1) is 6.58 Å². The van der Waals surface area contributed by atoms with E-state index < -0.39 is 5.97 Å². The first-order chi connectivity index (χ1) is 12.4. The lowest BCUT2D eigenvalue weighted by molar-refractivity contribution is -0.121. The number of hydrogen-bond donors (Lipinski definition) is 1. The average Bonchev–Trinajstić information content (AvgIpc) is 3.15. The van der Waals surface area contributed by atoms with Crippen LogP contribution in [0.3, 0.4) is 0 Å². The number of amides is 1. The summed E-state index contributed by atoms with van der Waals surface area (Å²) in [6.45, 7) is 5.83. The molecule has 0 bridgehead atoms. The van der Waals surface area contributed by atoms with Gasteiger partial charge in [-0.2, -0.15) is 0 Å². The van der Waals surface area contributed by atoms with Crippen LogP contribution in [0.2, 0.25) is 0 Å². The number of benzene rings is 1. The minimum atomic E-state index is -0.971. The molecule has 5 nitrogen and oxygen atoms in total. The molecule has 0 saturated carbocycles. The zero-order chi connectivity index (χ0) is 18.8. The monoisotopic (exact) mass is 385 g/mol. The lowest BCUT2D eigenvalue weighted by Crippen LogP contribution is -2.27. The number of carboxylic acid groups (broad SMARTS) is 1. The van der Waals surface area contributed by atoms with Gasteiger partial charge in [-0.25, -0.2) is 4.79 Å². The molecule has 0 unspecified atom stereocenters. The number of carbonyl (C=O) groups is 2. The number of thioether (sulfide) groups is 1. The second kappa shape index (κ2) is 7.31. The minimum absolute atomic E-state index is 0.167. The Morgan fingerprint density at radius 2 is 2.15 bits per heavy atom. The molecular formula is C19H15NO4S2. The van der Waals surface area contributed by atoms with Crippen molar-refractivity contribution in [3.8, 4) is 11.3 Å². The van der Waals surface area contributed by atoms with Crippen molar-refractivity contribution in [2.45, 2.75) is 6.92 Å². The molecular weight excluding hydrogens is 370 g/mol. The standard InChI is InChI=1S/C19H15NO4S2/c1-3-8-20-17(21)16(26-19(20)25)10-13-5-7-15(24-13)14-6-4-12(18(22)23)9-11(14)2/h3-7,9-10H,1,8H2,2H3,(H,22,23)/b16-10-. The van der Waals surface area contributed by atoms with Crippen molar-refractivity contribution in [3.05, 3.63) is 64.8 Å². The van der Waals surface area contributed by atoms with Crippen molar-refractivity contribution in [3.63, 3.8) is 0 Å². The van der Waals surface area contributed by atoms with E-state index in [1.54, 1.807) is 36.4 Å². The van der Waals surface area contributed by atoms with E-state index in [2.05, 4.69) is 6.58 Å². The Hall–Kier alpha value is -2.64. The summed E-state index contributed by atoms with van der Waals surface area (Å²) in [5.74, 6) is -0.00532. The summed E-state index contributed by atoms with van der Waals surface area (Å²) in [6, 6.07) is 8.40. The zero-order valence-corrected chi connectivity index (χ0v) is 15.5. The summed E-state index contributed by atoms with van der Waals surface area (Å²) in [7, 11) is 0. The van der Waals surface area contributed by atoms with Gasteiger partial charge < -0.3 is 9.52 Å². The van der Waals surface area contributed by atoms with Gasteiger partial charge in [-0.05, 0) is 36.8 Å². The number of thiocarbonyl (C=S) groups is 1. The molecule has 1 aromatic heterocycles. The molecule has 7 heteroatoms. The van der Waals surface area contributed by atoms with Gasteiger partial charge in [-0.1, -0.05) is 36.1 Å². The molecule has 132 valence electrons. The first kappa shape index (κ1) is 18.2. The number of nitrogens with zero attached hydrogens (tertiary/aromatic N) is 1. The van der Waals surface area contributed by atoms with Crippen molar-refractivity contribution in [2.75, 3.05) is 6.54 Å². The van der Waals surface area contributed by atoms with Crippen LogP contribution in [0.4, 0.5) is 0 Å². The summed E-state index contributed by atoms with van der Waals surface area (Å²) in [5.41, 5.74) is 1.82. The van der Waals surface area contributed by atoms with Crippen molar-refractivity contribution < 1.29 is 19.1 Å². The minimum Gasteiger partial charge on any atom is -0.478 e. The summed E-state index contributed by atoms with van der Waals surface area (Å²) in [4.78, 5) is 25.4. The zero-order valence-electron chi connectivity index (χ0n) is 13.9.